The van der Waals surface area contributed by atoms with Gasteiger partial charge in [-0.25, -0.2) is 8.42 Å². The number of benzene rings is 1. The van der Waals surface area contributed by atoms with Crippen LogP contribution in [0.15, 0.2) is 30.6 Å². The zero-order valence-electron chi connectivity index (χ0n) is 11.9. The van der Waals surface area contributed by atoms with Gasteiger partial charge in [-0.3, -0.25) is 5.10 Å². The highest BCUT2D eigenvalue weighted by Gasteiger charge is 2.13. The Kier molecular flexibility index (Phi) is 4.60. The molecule has 0 atom stereocenters. The van der Waals surface area contributed by atoms with E-state index >= 15 is 0 Å². The lowest BCUT2D eigenvalue weighted by molar-refractivity contribution is 0.592. The first-order valence-electron chi connectivity index (χ1n) is 6.70. The van der Waals surface area contributed by atoms with E-state index in [1.54, 1.807) is 12.4 Å². The van der Waals surface area contributed by atoms with Gasteiger partial charge in [0.25, 0.3) is 0 Å². The van der Waals surface area contributed by atoms with Gasteiger partial charge in [0.15, 0.2) is 9.84 Å². The zero-order chi connectivity index (χ0) is 14.6. The predicted molar refractivity (Wildman–Crippen MR) is 80.3 cm³/mol. The van der Waals surface area contributed by atoms with E-state index in [9.17, 15) is 8.42 Å². The first kappa shape index (κ1) is 14.8. The minimum absolute atomic E-state index is 0.131. The maximum atomic E-state index is 12.2. The minimum Gasteiger partial charge on any atom is -0.285 e. The third-order valence-electron chi connectivity index (χ3n) is 3.36. The van der Waals surface area contributed by atoms with Crippen molar-refractivity contribution in [2.45, 2.75) is 32.4 Å². The van der Waals surface area contributed by atoms with Crippen molar-refractivity contribution in [3.8, 4) is 0 Å². The number of sulfone groups is 1. The maximum absolute atomic E-state index is 12.2. The van der Waals surface area contributed by atoms with Crippen LogP contribution in [0.2, 0.25) is 0 Å². The van der Waals surface area contributed by atoms with Crippen LogP contribution in [0, 0.1) is 13.8 Å². The van der Waals surface area contributed by atoms with E-state index in [1.165, 1.54) is 0 Å². The summed E-state index contributed by atoms with van der Waals surface area (Å²) in [5.41, 5.74) is 4.09. The molecule has 0 unspecified atom stereocenters. The molecular weight excluding hydrogens is 272 g/mol. The van der Waals surface area contributed by atoms with Crippen molar-refractivity contribution in [1.82, 2.24) is 10.2 Å². The van der Waals surface area contributed by atoms with Gasteiger partial charge in [-0.1, -0.05) is 23.8 Å². The Balaban J connectivity index is 1.95. The SMILES string of the molecule is Cc1ccc(C)c(CS(=O)(=O)CCCc2cn[nH]c2)c1. The molecule has 1 heterocycles. The van der Waals surface area contributed by atoms with Gasteiger partial charge in [-0.2, -0.15) is 5.10 Å². The van der Waals surface area contributed by atoms with Gasteiger partial charge in [0.05, 0.1) is 17.7 Å². The second-order valence-corrected chi connectivity index (χ2v) is 7.42. The van der Waals surface area contributed by atoms with Gasteiger partial charge in [0.1, 0.15) is 0 Å². The first-order valence-corrected chi connectivity index (χ1v) is 8.53. The molecule has 0 saturated heterocycles. The maximum Gasteiger partial charge on any atom is 0.154 e. The van der Waals surface area contributed by atoms with Crippen molar-refractivity contribution in [1.29, 1.82) is 0 Å². The van der Waals surface area contributed by atoms with Crippen molar-refractivity contribution in [2.24, 2.45) is 0 Å². The molecular formula is C15H20N2O2S. The lowest BCUT2D eigenvalue weighted by atomic mass is 10.1. The summed E-state index contributed by atoms with van der Waals surface area (Å²) in [6, 6.07) is 5.94. The molecule has 0 amide bonds. The summed E-state index contributed by atoms with van der Waals surface area (Å²) in [6.45, 7) is 3.93. The Labute approximate surface area is 120 Å². The molecule has 0 aliphatic heterocycles. The highest BCUT2D eigenvalue weighted by molar-refractivity contribution is 7.90. The molecule has 20 heavy (non-hydrogen) atoms. The van der Waals surface area contributed by atoms with Crippen molar-refractivity contribution in [3.05, 3.63) is 52.8 Å². The summed E-state index contributed by atoms with van der Waals surface area (Å²) in [5, 5.41) is 6.58. The first-order chi connectivity index (χ1) is 9.46. The van der Waals surface area contributed by atoms with Crippen molar-refractivity contribution < 1.29 is 8.42 Å². The standard InChI is InChI=1S/C15H20N2O2S/c1-12-5-6-13(2)15(8-12)11-20(18,19)7-3-4-14-9-16-17-10-14/h5-6,8-10H,3-4,7,11H2,1-2H3,(H,16,17). The molecule has 1 aromatic heterocycles. The molecule has 5 heteroatoms. The summed E-state index contributed by atoms with van der Waals surface area (Å²) < 4.78 is 24.3. The molecule has 0 aliphatic rings. The summed E-state index contributed by atoms with van der Waals surface area (Å²) in [5.74, 6) is 0.345. The van der Waals surface area contributed by atoms with E-state index in [-0.39, 0.29) is 11.5 Å². The Morgan fingerprint density at radius 1 is 1.25 bits per heavy atom. The van der Waals surface area contributed by atoms with E-state index in [0.29, 0.717) is 6.42 Å². The number of aromatic nitrogens is 2. The monoisotopic (exact) mass is 292 g/mol. The largest absolute Gasteiger partial charge is 0.285 e. The molecule has 0 aliphatic carbocycles. The number of H-pyrrole nitrogens is 1. The molecule has 0 saturated carbocycles. The van der Waals surface area contributed by atoms with Crippen molar-refractivity contribution >= 4 is 9.84 Å². The van der Waals surface area contributed by atoms with Crippen LogP contribution in [0.25, 0.3) is 0 Å². The molecule has 4 nitrogen and oxygen atoms in total. The summed E-state index contributed by atoms with van der Waals surface area (Å²) in [4.78, 5) is 0. The van der Waals surface area contributed by atoms with Crippen molar-refractivity contribution in [3.63, 3.8) is 0 Å². The van der Waals surface area contributed by atoms with Gasteiger partial charge in [0.2, 0.25) is 0 Å². The van der Waals surface area contributed by atoms with Crippen molar-refractivity contribution in [2.75, 3.05) is 5.75 Å². The van der Waals surface area contributed by atoms with Gasteiger partial charge in [0, 0.05) is 6.20 Å². The van der Waals surface area contributed by atoms with Gasteiger partial charge in [-0.05, 0) is 43.4 Å². The third-order valence-corrected chi connectivity index (χ3v) is 5.02. The summed E-state index contributed by atoms with van der Waals surface area (Å²) in [7, 11) is -3.06. The van der Waals surface area contributed by atoms with Crippen LogP contribution in [-0.4, -0.2) is 24.4 Å². The number of aryl methyl sites for hydroxylation is 3. The van der Waals surface area contributed by atoms with Crippen LogP contribution in [0.1, 0.15) is 28.7 Å². The molecule has 0 spiro atoms. The van der Waals surface area contributed by atoms with Crippen LogP contribution in [0.4, 0.5) is 0 Å². The fourth-order valence-corrected chi connectivity index (χ4v) is 3.69. The molecule has 0 radical (unpaired) electrons. The minimum atomic E-state index is -3.06. The molecule has 2 rings (SSSR count). The highest BCUT2D eigenvalue weighted by atomic mass is 32.2. The van der Waals surface area contributed by atoms with E-state index in [1.807, 2.05) is 32.0 Å². The van der Waals surface area contributed by atoms with Gasteiger partial charge in [-0.15, -0.1) is 0 Å². The summed E-state index contributed by atoms with van der Waals surface area (Å²) in [6.07, 6.45) is 4.91. The Morgan fingerprint density at radius 3 is 2.75 bits per heavy atom. The lowest BCUT2D eigenvalue weighted by Crippen LogP contribution is -2.11. The quantitative estimate of drug-likeness (QED) is 0.890. The second kappa shape index (κ2) is 6.22. The topological polar surface area (TPSA) is 62.8 Å². The van der Waals surface area contributed by atoms with Gasteiger partial charge < -0.3 is 0 Å². The molecule has 1 aromatic carbocycles. The van der Waals surface area contributed by atoms with Crippen LogP contribution in [0.3, 0.4) is 0 Å². The molecule has 2 aromatic rings. The highest BCUT2D eigenvalue weighted by Crippen LogP contribution is 2.15. The van der Waals surface area contributed by atoms with E-state index in [0.717, 1.165) is 28.7 Å². The van der Waals surface area contributed by atoms with E-state index in [4.69, 9.17) is 0 Å². The third kappa shape index (κ3) is 4.20. The fraction of sp³-hybridized carbons (Fsp3) is 0.400. The lowest BCUT2D eigenvalue weighted by Gasteiger charge is -2.08. The predicted octanol–water partition coefficient (Wildman–Crippen LogP) is 2.57. The number of nitrogens with zero attached hydrogens (tertiary/aromatic N) is 1. The zero-order valence-corrected chi connectivity index (χ0v) is 12.7. The number of nitrogens with one attached hydrogen (secondary N) is 1. The van der Waals surface area contributed by atoms with Crippen LogP contribution >= 0.6 is 0 Å². The molecule has 108 valence electrons. The smallest absolute Gasteiger partial charge is 0.154 e. The average Bonchev–Trinajstić information content (AvgIpc) is 2.86. The number of rotatable bonds is 6. The van der Waals surface area contributed by atoms with Crippen LogP contribution in [-0.2, 0) is 22.0 Å². The van der Waals surface area contributed by atoms with Crippen LogP contribution in [0.5, 0.6) is 0 Å². The number of hydrogen-bond acceptors (Lipinski definition) is 3. The molecule has 0 fully saturated rings. The van der Waals surface area contributed by atoms with E-state index in [2.05, 4.69) is 10.2 Å². The van der Waals surface area contributed by atoms with Gasteiger partial charge >= 0.3 is 0 Å². The van der Waals surface area contributed by atoms with Crippen LogP contribution < -0.4 is 0 Å². The second-order valence-electron chi connectivity index (χ2n) is 5.23. The summed E-state index contributed by atoms with van der Waals surface area (Å²) >= 11 is 0. The number of hydrogen-bond donors (Lipinski definition) is 1. The van der Waals surface area contributed by atoms with E-state index < -0.39 is 9.84 Å². The Bertz CT molecular complexity index is 661. The Morgan fingerprint density at radius 2 is 2.05 bits per heavy atom. The number of aromatic amines is 1. The molecule has 0 bridgehead atoms. The normalized spacial score (nSPS) is 11.7. The molecule has 1 N–H and O–H groups in total. The Hall–Kier alpha value is -1.62. The fourth-order valence-electron chi connectivity index (χ4n) is 2.18. The average molecular weight is 292 g/mol.